The number of nitrogens with one attached hydrogen (secondary N) is 2. The lowest BCUT2D eigenvalue weighted by atomic mass is 10.1. The van der Waals surface area contributed by atoms with Crippen LogP contribution in [0.5, 0.6) is 0 Å². The van der Waals surface area contributed by atoms with Crippen molar-refractivity contribution in [3.8, 4) is 0 Å². The van der Waals surface area contributed by atoms with Crippen LogP contribution in [0.25, 0.3) is 0 Å². The lowest BCUT2D eigenvalue weighted by molar-refractivity contribution is 0.0939. The maximum atomic E-state index is 12.1. The van der Waals surface area contributed by atoms with Crippen molar-refractivity contribution >= 4 is 35.8 Å². The van der Waals surface area contributed by atoms with Crippen LogP contribution in [0.3, 0.4) is 0 Å². The Morgan fingerprint density at radius 2 is 1.71 bits per heavy atom. The number of nitrogens with zero attached hydrogens (tertiary/aromatic N) is 2. The molecule has 2 rings (SSSR count). The molecule has 0 aliphatic heterocycles. The van der Waals surface area contributed by atoms with Gasteiger partial charge in [-0.1, -0.05) is 49.4 Å². The summed E-state index contributed by atoms with van der Waals surface area (Å²) in [5, 5.41) is 6.35. The van der Waals surface area contributed by atoms with E-state index in [2.05, 4.69) is 39.6 Å². The first-order valence-electron chi connectivity index (χ1n) is 9.39. The first-order valence-corrected chi connectivity index (χ1v) is 9.39. The van der Waals surface area contributed by atoms with E-state index < -0.39 is 0 Å². The van der Waals surface area contributed by atoms with E-state index in [1.807, 2.05) is 56.4 Å². The van der Waals surface area contributed by atoms with Crippen molar-refractivity contribution in [2.75, 3.05) is 14.1 Å². The van der Waals surface area contributed by atoms with E-state index in [0.29, 0.717) is 12.1 Å². The third-order valence-electron chi connectivity index (χ3n) is 4.49. The summed E-state index contributed by atoms with van der Waals surface area (Å²) in [5.41, 5.74) is 3.02. The zero-order valence-corrected chi connectivity index (χ0v) is 19.4. The first-order chi connectivity index (χ1) is 13.0. The Balaban J connectivity index is 0.00000392. The van der Waals surface area contributed by atoms with Gasteiger partial charge in [-0.3, -0.25) is 9.79 Å². The van der Waals surface area contributed by atoms with E-state index in [4.69, 9.17) is 0 Å². The Kier molecular flexibility index (Phi) is 10.6. The second-order valence-corrected chi connectivity index (χ2v) is 6.72. The van der Waals surface area contributed by atoms with Crippen LogP contribution < -0.4 is 10.6 Å². The van der Waals surface area contributed by atoms with Crippen LogP contribution in [0.2, 0.25) is 0 Å². The lowest BCUT2D eigenvalue weighted by Crippen LogP contribution is -2.38. The summed E-state index contributed by atoms with van der Waals surface area (Å²) in [6, 6.07) is 18.2. The van der Waals surface area contributed by atoms with Crippen molar-refractivity contribution in [2.45, 2.75) is 39.4 Å². The molecule has 0 aromatic heterocycles. The van der Waals surface area contributed by atoms with Crippen LogP contribution in [-0.4, -0.2) is 36.9 Å². The third kappa shape index (κ3) is 7.50. The molecule has 5 nitrogen and oxygen atoms in total. The van der Waals surface area contributed by atoms with Crippen LogP contribution in [-0.2, 0) is 13.1 Å². The minimum absolute atomic E-state index is 0. The van der Waals surface area contributed by atoms with Crippen LogP contribution >= 0.6 is 24.0 Å². The molecule has 2 aromatic carbocycles. The topological polar surface area (TPSA) is 56.7 Å². The van der Waals surface area contributed by atoms with Gasteiger partial charge in [-0.2, -0.15) is 0 Å². The van der Waals surface area contributed by atoms with Gasteiger partial charge in [0.25, 0.3) is 5.91 Å². The number of hydrogen-bond acceptors (Lipinski definition) is 2. The van der Waals surface area contributed by atoms with Crippen LogP contribution in [0, 0.1) is 0 Å². The number of rotatable bonds is 7. The first kappa shape index (κ1) is 23.9. The van der Waals surface area contributed by atoms with Crippen molar-refractivity contribution in [3.05, 3.63) is 71.3 Å². The molecule has 0 bridgehead atoms. The molecule has 2 N–H and O–H groups in total. The van der Waals surface area contributed by atoms with E-state index in [0.717, 1.165) is 24.5 Å². The van der Waals surface area contributed by atoms with Gasteiger partial charge in [-0.15, -0.1) is 24.0 Å². The molecule has 0 aliphatic carbocycles. The summed E-state index contributed by atoms with van der Waals surface area (Å²) in [4.78, 5) is 18.6. The molecule has 0 heterocycles. The summed E-state index contributed by atoms with van der Waals surface area (Å²) in [7, 11) is 3.80. The van der Waals surface area contributed by atoms with Crippen molar-refractivity contribution in [2.24, 2.45) is 4.99 Å². The van der Waals surface area contributed by atoms with Crippen molar-refractivity contribution in [3.63, 3.8) is 0 Å². The fourth-order valence-corrected chi connectivity index (χ4v) is 2.68. The fraction of sp³-hybridized carbons (Fsp3) is 0.364. The smallest absolute Gasteiger partial charge is 0.251 e. The molecular weight excluding hydrogens is 463 g/mol. The van der Waals surface area contributed by atoms with Crippen LogP contribution in [0.15, 0.2) is 59.6 Å². The second kappa shape index (κ2) is 12.4. The quantitative estimate of drug-likeness (QED) is 0.347. The Bertz CT molecular complexity index is 747. The molecule has 0 saturated carbocycles. The van der Waals surface area contributed by atoms with Gasteiger partial charge in [0.15, 0.2) is 5.96 Å². The number of carbonyl (C=O) groups is 1. The SMILES string of the molecule is CCC(C)NC(=O)c1ccc(CNC(=NC)N(C)Cc2ccccc2)cc1.I. The molecule has 1 atom stereocenters. The third-order valence-corrected chi connectivity index (χ3v) is 4.49. The number of hydrogen-bond donors (Lipinski definition) is 2. The van der Waals surface area contributed by atoms with Gasteiger partial charge in [-0.25, -0.2) is 0 Å². The van der Waals surface area contributed by atoms with Crippen molar-refractivity contribution < 1.29 is 4.79 Å². The van der Waals surface area contributed by atoms with Crippen LogP contribution in [0.4, 0.5) is 0 Å². The molecule has 28 heavy (non-hydrogen) atoms. The predicted octanol–water partition coefficient (Wildman–Crippen LogP) is 4.04. The molecule has 0 radical (unpaired) electrons. The lowest BCUT2D eigenvalue weighted by Gasteiger charge is -2.22. The number of halogens is 1. The van der Waals surface area contributed by atoms with Gasteiger partial charge in [0.1, 0.15) is 0 Å². The minimum atomic E-state index is -0.0257. The minimum Gasteiger partial charge on any atom is -0.352 e. The van der Waals surface area contributed by atoms with E-state index >= 15 is 0 Å². The van der Waals surface area contributed by atoms with Gasteiger partial charge in [0, 0.05) is 38.8 Å². The molecular formula is C22H31IN4O. The summed E-state index contributed by atoms with van der Waals surface area (Å²) in [5.74, 6) is 0.805. The number of benzene rings is 2. The van der Waals surface area contributed by atoms with Crippen molar-refractivity contribution in [1.82, 2.24) is 15.5 Å². The second-order valence-electron chi connectivity index (χ2n) is 6.72. The molecule has 0 fully saturated rings. The highest BCUT2D eigenvalue weighted by atomic mass is 127. The zero-order valence-electron chi connectivity index (χ0n) is 17.1. The van der Waals surface area contributed by atoms with Crippen molar-refractivity contribution in [1.29, 1.82) is 0 Å². The summed E-state index contributed by atoms with van der Waals surface area (Å²) < 4.78 is 0. The predicted molar refractivity (Wildman–Crippen MR) is 127 cm³/mol. The highest BCUT2D eigenvalue weighted by Gasteiger charge is 2.09. The highest BCUT2D eigenvalue weighted by molar-refractivity contribution is 14.0. The maximum Gasteiger partial charge on any atom is 0.251 e. The molecule has 0 spiro atoms. The summed E-state index contributed by atoms with van der Waals surface area (Å²) in [6.45, 7) is 5.50. The van der Waals surface area contributed by atoms with E-state index in [-0.39, 0.29) is 35.9 Å². The van der Waals surface area contributed by atoms with Gasteiger partial charge >= 0.3 is 0 Å². The Morgan fingerprint density at radius 1 is 1.07 bits per heavy atom. The molecule has 0 aliphatic rings. The highest BCUT2D eigenvalue weighted by Crippen LogP contribution is 2.07. The average molecular weight is 494 g/mol. The summed E-state index contributed by atoms with van der Waals surface area (Å²) >= 11 is 0. The Hall–Kier alpha value is -2.09. The van der Waals surface area contributed by atoms with Gasteiger partial charge in [0.2, 0.25) is 0 Å². The maximum absolute atomic E-state index is 12.1. The number of aliphatic imine (C=N–C) groups is 1. The van der Waals surface area contributed by atoms with E-state index in [1.54, 1.807) is 7.05 Å². The largest absolute Gasteiger partial charge is 0.352 e. The standard InChI is InChI=1S/C22H30N4O.HI/c1-5-17(2)25-21(27)20-13-11-18(12-14-20)15-24-22(23-3)26(4)16-19-9-7-6-8-10-19;/h6-14,17H,5,15-16H2,1-4H3,(H,23,24)(H,25,27);1H. The number of amides is 1. The summed E-state index contributed by atoms with van der Waals surface area (Å²) in [6.07, 6.45) is 0.920. The number of carbonyl (C=O) groups excluding carboxylic acids is 1. The Morgan fingerprint density at radius 3 is 2.29 bits per heavy atom. The Labute approximate surface area is 185 Å². The molecule has 1 unspecified atom stereocenters. The van der Waals surface area contributed by atoms with E-state index in [1.165, 1.54) is 5.56 Å². The zero-order chi connectivity index (χ0) is 19.6. The molecule has 6 heteroatoms. The van der Waals surface area contributed by atoms with Gasteiger partial charge in [-0.05, 0) is 36.6 Å². The van der Waals surface area contributed by atoms with Gasteiger partial charge < -0.3 is 15.5 Å². The molecule has 1 amide bonds. The monoisotopic (exact) mass is 494 g/mol. The molecule has 2 aromatic rings. The fourth-order valence-electron chi connectivity index (χ4n) is 2.68. The average Bonchev–Trinajstić information content (AvgIpc) is 2.69. The molecule has 0 saturated heterocycles. The normalized spacial score (nSPS) is 11.9. The number of guanidine groups is 1. The van der Waals surface area contributed by atoms with Crippen LogP contribution in [0.1, 0.15) is 41.8 Å². The van der Waals surface area contributed by atoms with Gasteiger partial charge in [0.05, 0.1) is 0 Å². The molecule has 152 valence electrons. The van der Waals surface area contributed by atoms with E-state index in [9.17, 15) is 4.79 Å².